The summed E-state index contributed by atoms with van der Waals surface area (Å²) in [5, 5.41) is 6.96. The fourth-order valence-electron chi connectivity index (χ4n) is 4.62. The summed E-state index contributed by atoms with van der Waals surface area (Å²) >= 11 is 5.91. The zero-order valence-corrected chi connectivity index (χ0v) is 21.5. The largest absolute Gasteiger partial charge is 0.351 e. The Bertz CT molecular complexity index is 1150. The number of nitrogens with zero attached hydrogens (tertiary/aromatic N) is 1. The second-order valence-corrected chi connectivity index (χ2v) is 9.67. The van der Waals surface area contributed by atoms with Crippen LogP contribution in [0.25, 0.3) is 6.08 Å². The molecule has 1 fully saturated rings. The second kappa shape index (κ2) is 13.2. The van der Waals surface area contributed by atoms with E-state index in [0.717, 1.165) is 5.56 Å². The molecule has 0 aromatic heterocycles. The predicted molar refractivity (Wildman–Crippen MR) is 149 cm³/mol. The van der Waals surface area contributed by atoms with Crippen LogP contribution in [0.3, 0.4) is 0 Å². The molecular formula is C30H33ClN4O2. The molecule has 2 amide bonds. The highest BCUT2D eigenvalue weighted by Crippen LogP contribution is 2.26. The minimum atomic E-state index is -0.499. The van der Waals surface area contributed by atoms with Crippen LogP contribution >= 0.6 is 11.6 Å². The number of carbonyl (C=O) groups excluding carboxylic acids is 2. The van der Waals surface area contributed by atoms with Crippen molar-refractivity contribution in [2.75, 3.05) is 26.2 Å². The number of hydrogen-bond donors (Lipinski definition) is 3. The molecule has 0 radical (unpaired) electrons. The number of nitrogens with two attached hydrogens (primary N) is 1. The van der Waals surface area contributed by atoms with Gasteiger partial charge in [0.05, 0.1) is 6.04 Å². The average Bonchev–Trinajstić information content (AvgIpc) is 3.09. The molecule has 0 spiro atoms. The SMILES string of the molecule is NC[C@@H]1N[C@H](CNC(=O)C=Cc2ccc(Cl)cc2)CCN(CC(c2ccccc2)c2ccccc2)C1=O. The van der Waals surface area contributed by atoms with Crippen LogP contribution in [-0.2, 0) is 9.59 Å². The third kappa shape index (κ3) is 7.52. The molecule has 0 saturated carbocycles. The molecule has 1 saturated heterocycles. The number of nitrogens with one attached hydrogen (secondary N) is 2. The van der Waals surface area contributed by atoms with Crippen LogP contribution in [0.5, 0.6) is 0 Å². The molecule has 2 atom stereocenters. The molecule has 6 nitrogen and oxygen atoms in total. The van der Waals surface area contributed by atoms with Crippen LogP contribution in [0.2, 0.25) is 5.02 Å². The van der Waals surface area contributed by atoms with Crippen LogP contribution in [0.15, 0.2) is 91.0 Å². The van der Waals surface area contributed by atoms with Gasteiger partial charge in [0.25, 0.3) is 0 Å². The van der Waals surface area contributed by atoms with E-state index in [1.54, 1.807) is 18.2 Å². The van der Waals surface area contributed by atoms with Crippen molar-refractivity contribution >= 4 is 29.5 Å². The first-order valence-electron chi connectivity index (χ1n) is 12.6. The summed E-state index contributed by atoms with van der Waals surface area (Å²) in [6, 6.07) is 27.2. The third-order valence-corrected chi connectivity index (χ3v) is 6.91. The maximum Gasteiger partial charge on any atom is 0.244 e. The zero-order chi connectivity index (χ0) is 26.0. The van der Waals surface area contributed by atoms with E-state index in [4.69, 9.17) is 17.3 Å². The lowest BCUT2D eigenvalue weighted by Gasteiger charge is -2.29. The number of amides is 2. The van der Waals surface area contributed by atoms with Gasteiger partial charge in [-0.15, -0.1) is 0 Å². The van der Waals surface area contributed by atoms with Gasteiger partial charge in [0.1, 0.15) is 0 Å². The van der Waals surface area contributed by atoms with E-state index < -0.39 is 6.04 Å². The van der Waals surface area contributed by atoms with Crippen LogP contribution < -0.4 is 16.4 Å². The Labute approximate surface area is 223 Å². The molecule has 3 aromatic rings. The molecular weight excluding hydrogens is 484 g/mol. The van der Waals surface area contributed by atoms with Crippen molar-refractivity contribution in [3.05, 3.63) is 113 Å². The molecule has 7 heteroatoms. The van der Waals surface area contributed by atoms with E-state index in [-0.39, 0.29) is 30.3 Å². The Morgan fingerprint density at radius 3 is 2.24 bits per heavy atom. The van der Waals surface area contributed by atoms with Gasteiger partial charge in [0.15, 0.2) is 0 Å². The van der Waals surface area contributed by atoms with Crippen molar-refractivity contribution in [1.29, 1.82) is 0 Å². The van der Waals surface area contributed by atoms with E-state index in [1.165, 1.54) is 17.2 Å². The molecule has 4 N–H and O–H groups in total. The van der Waals surface area contributed by atoms with Crippen LogP contribution in [0.1, 0.15) is 29.0 Å². The first kappa shape index (κ1) is 26.6. The topological polar surface area (TPSA) is 87.5 Å². The van der Waals surface area contributed by atoms with Gasteiger partial charge in [-0.3, -0.25) is 9.59 Å². The lowest BCUT2D eigenvalue weighted by atomic mass is 9.90. The minimum absolute atomic E-state index is 0.00387. The minimum Gasteiger partial charge on any atom is -0.351 e. The summed E-state index contributed by atoms with van der Waals surface area (Å²) in [7, 11) is 0. The Kier molecular flexibility index (Phi) is 9.49. The van der Waals surface area contributed by atoms with Crippen molar-refractivity contribution in [2.45, 2.75) is 24.4 Å². The summed E-state index contributed by atoms with van der Waals surface area (Å²) in [5.41, 5.74) is 9.23. The monoisotopic (exact) mass is 516 g/mol. The van der Waals surface area contributed by atoms with E-state index in [2.05, 4.69) is 34.9 Å². The van der Waals surface area contributed by atoms with E-state index >= 15 is 0 Å². The fraction of sp³-hybridized carbons (Fsp3) is 0.267. The third-order valence-electron chi connectivity index (χ3n) is 6.66. The summed E-state index contributed by atoms with van der Waals surface area (Å²) in [6.45, 7) is 1.74. The summed E-state index contributed by atoms with van der Waals surface area (Å²) in [6.07, 6.45) is 3.95. The van der Waals surface area contributed by atoms with Gasteiger partial charge in [-0.1, -0.05) is 84.4 Å². The van der Waals surface area contributed by atoms with Crippen molar-refractivity contribution in [1.82, 2.24) is 15.5 Å². The average molecular weight is 517 g/mol. The molecule has 192 valence electrons. The van der Waals surface area contributed by atoms with E-state index in [0.29, 0.717) is 31.1 Å². The van der Waals surface area contributed by atoms with E-state index in [1.807, 2.05) is 53.4 Å². The summed E-state index contributed by atoms with van der Waals surface area (Å²) < 4.78 is 0. The molecule has 0 unspecified atom stereocenters. The van der Waals surface area contributed by atoms with Gasteiger partial charge < -0.3 is 21.3 Å². The van der Waals surface area contributed by atoms with E-state index in [9.17, 15) is 9.59 Å². The van der Waals surface area contributed by atoms with Gasteiger partial charge in [0.2, 0.25) is 11.8 Å². The lowest BCUT2D eigenvalue weighted by molar-refractivity contribution is -0.132. The maximum atomic E-state index is 13.4. The van der Waals surface area contributed by atoms with Crippen molar-refractivity contribution in [3.8, 4) is 0 Å². The lowest BCUT2D eigenvalue weighted by Crippen LogP contribution is -2.52. The zero-order valence-electron chi connectivity index (χ0n) is 20.7. The Hall–Kier alpha value is -3.45. The fourth-order valence-corrected chi connectivity index (χ4v) is 4.74. The molecule has 4 rings (SSSR count). The van der Waals surface area contributed by atoms with Gasteiger partial charge in [-0.2, -0.15) is 0 Å². The van der Waals surface area contributed by atoms with Crippen molar-refractivity contribution in [3.63, 3.8) is 0 Å². The molecule has 0 aliphatic carbocycles. The maximum absolute atomic E-state index is 13.4. The van der Waals surface area contributed by atoms with Crippen LogP contribution in [0, 0.1) is 0 Å². The number of carbonyl (C=O) groups is 2. The number of rotatable bonds is 9. The van der Waals surface area contributed by atoms with Gasteiger partial charge in [-0.25, -0.2) is 0 Å². The number of halogens is 1. The highest BCUT2D eigenvalue weighted by molar-refractivity contribution is 6.30. The number of benzene rings is 3. The Morgan fingerprint density at radius 2 is 1.65 bits per heavy atom. The highest BCUT2D eigenvalue weighted by atomic mass is 35.5. The Morgan fingerprint density at radius 1 is 1.03 bits per heavy atom. The van der Waals surface area contributed by atoms with Crippen molar-refractivity contribution < 1.29 is 9.59 Å². The summed E-state index contributed by atoms with van der Waals surface area (Å²) in [4.78, 5) is 27.7. The molecule has 37 heavy (non-hydrogen) atoms. The highest BCUT2D eigenvalue weighted by Gasteiger charge is 2.32. The van der Waals surface area contributed by atoms with Gasteiger partial charge >= 0.3 is 0 Å². The molecule has 1 aliphatic heterocycles. The second-order valence-electron chi connectivity index (χ2n) is 9.23. The normalized spacial score (nSPS) is 18.2. The molecule has 3 aromatic carbocycles. The molecule has 0 bridgehead atoms. The molecule has 1 aliphatic rings. The standard InChI is InChI=1S/C30H33ClN4O2/c31-25-14-11-22(12-15-25)13-16-29(36)33-20-26-17-18-35(30(37)28(19-32)34-26)21-27(23-7-3-1-4-8-23)24-9-5-2-6-10-24/h1-16,26-28,34H,17-21,32H2,(H,33,36)/t26-,28-/m0/s1. The Balaban J connectivity index is 1.40. The predicted octanol–water partition coefficient (Wildman–Crippen LogP) is 3.82. The summed E-state index contributed by atoms with van der Waals surface area (Å²) in [5.74, 6) is -0.142. The first-order chi connectivity index (χ1) is 18.0. The van der Waals surface area contributed by atoms with Crippen LogP contribution in [-0.4, -0.2) is 55.0 Å². The quantitative estimate of drug-likeness (QED) is 0.377. The van der Waals surface area contributed by atoms with Crippen LogP contribution in [0.4, 0.5) is 0 Å². The smallest absolute Gasteiger partial charge is 0.244 e. The molecule has 1 heterocycles. The van der Waals surface area contributed by atoms with Gasteiger partial charge in [0, 0.05) is 49.2 Å². The first-order valence-corrected chi connectivity index (χ1v) is 13.0. The van der Waals surface area contributed by atoms with Crippen molar-refractivity contribution in [2.24, 2.45) is 5.73 Å². The van der Waals surface area contributed by atoms with Gasteiger partial charge in [-0.05, 0) is 41.3 Å². The number of hydrogen-bond acceptors (Lipinski definition) is 4.